The van der Waals surface area contributed by atoms with Crippen molar-refractivity contribution in [2.24, 2.45) is 23.5 Å². The van der Waals surface area contributed by atoms with Gasteiger partial charge in [-0.15, -0.1) is 0 Å². The highest BCUT2D eigenvalue weighted by Crippen LogP contribution is 2.25. The number of halogens is 3. The van der Waals surface area contributed by atoms with Crippen LogP contribution in [-0.4, -0.2) is 68.7 Å². The molecule has 44 heavy (non-hydrogen) atoms. The normalized spacial score (nSPS) is 15.0. The van der Waals surface area contributed by atoms with Crippen molar-refractivity contribution in [3.05, 3.63) is 60.2 Å². The molecule has 0 saturated carbocycles. The molecule has 0 radical (unpaired) electrons. The number of primary amides is 1. The molecule has 2 unspecified atom stereocenters. The van der Waals surface area contributed by atoms with Gasteiger partial charge in [-0.2, -0.15) is 13.2 Å². The molecule has 0 saturated heterocycles. The zero-order valence-corrected chi connectivity index (χ0v) is 24.7. The maximum Gasteiger partial charge on any atom is 0.416 e. The second kappa shape index (κ2) is 16.6. The molecule has 14 heteroatoms. The smallest absolute Gasteiger partial charge is 0.382 e. The van der Waals surface area contributed by atoms with Crippen LogP contribution in [0, 0.1) is 17.8 Å². The van der Waals surface area contributed by atoms with Gasteiger partial charge in [0.05, 0.1) is 18.3 Å². The summed E-state index contributed by atoms with van der Waals surface area (Å²) in [6.45, 7) is 4.81. The number of ketones is 2. The van der Waals surface area contributed by atoms with Gasteiger partial charge in [0.15, 0.2) is 17.7 Å². The first-order valence-corrected chi connectivity index (χ1v) is 14.1. The predicted octanol–water partition coefficient (Wildman–Crippen LogP) is 2.32. The molecule has 0 spiro atoms. The SMILES string of the molecule is CC(C)[C@H](CC(=O)c1cnccn1)C(=O)N[C@@H](Cc1ccccc1)C(=O)C[C@@H](C)C(=O)NC(CCC(N)=O)C(O)C(F)(F)F. The van der Waals surface area contributed by atoms with E-state index in [1.807, 2.05) is 0 Å². The number of amides is 3. The Bertz CT molecular complexity index is 1280. The van der Waals surface area contributed by atoms with Gasteiger partial charge in [0.1, 0.15) is 5.69 Å². The van der Waals surface area contributed by atoms with E-state index in [2.05, 4.69) is 20.6 Å². The molecule has 1 aromatic carbocycles. The number of nitrogens with two attached hydrogens (primary N) is 1. The number of aromatic nitrogens is 2. The van der Waals surface area contributed by atoms with Crippen LogP contribution in [-0.2, 0) is 25.6 Å². The molecule has 3 amide bonds. The minimum atomic E-state index is -5.08. The van der Waals surface area contributed by atoms with Crippen molar-refractivity contribution in [2.45, 2.75) is 77.2 Å². The molecule has 1 aromatic heterocycles. The molecule has 1 heterocycles. The van der Waals surface area contributed by atoms with Crippen molar-refractivity contribution >= 4 is 29.3 Å². The van der Waals surface area contributed by atoms with Crippen LogP contribution in [0.15, 0.2) is 48.9 Å². The van der Waals surface area contributed by atoms with Crippen molar-refractivity contribution < 1.29 is 42.3 Å². The lowest BCUT2D eigenvalue weighted by Gasteiger charge is -2.27. The highest BCUT2D eigenvalue weighted by Gasteiger charge is 2.44. The Balaban J connectivity index is 2.20. The molecular formula is C30H38F3N5O6. The lowest BCUT2D eigenvalue weighted by Crippen LogP contribution is -2.52. The Morgan fingerprint density at radius 1 is 0.955 bits per heavy atom. The summed E-state index contributed by atoms with van der Waals surface area (Å²) < 4.78 is 39.5. The monoisotopic (exact) mass is 621 g/mol. The van der Waals surface area contributed by atoms with Gasteiger partial charge >= 0.3 is 6.18 Å². The lowest BCUT2D eigenvalue weighted by atomic mass is 9.88. The molecule has 5 atom stereocenters. The number of hydrogen-bond donors (Lipinski definition) is 4. The van der Waals surface area contributed by atoms with Crippen LogP contribution in [0.25, 0.3) is 0 Å². The van der Waals surface area contributed by atoms with E-state index < -0.39 is 84.8 Å². The van der Waals surface area contributed by atoms with Gasteiger partial charge in [-0.1, -0.05) is 51.1 Å². The standard InChI is InChI=1S/C30H38F3N5O6/c1-17(2)20(15-25(40)23-16-35-11-12-36-23)29(44)38-22(14-19-7-5-4-6-8-19)24(39)13-18(3)28(43)37-21(9-10-26(34)41)27(42)30(31,32)33/h4-8,11-12,16-18,20-22,27,42H,9-10,13-15H2,1-3H3,(H2,34,41)(H,37,43)(H,38,44)/t18-,20+,21?,22+,27?/m1/s1. The predicted molar refractivity (Wildman–Crippen MR) is 153 cm³/mol. The topological polar surface area (TPSA) is 181 Å². The Kier molecular flexibility index (Phi) is 13.6. The zero-order chi connectivity index (χ0) is 33.0. The fraction of sp³-hybridized carbons (Fsp3) is 0.500. The fourth-order valence-corrected chi connectivity index (χ4v) is 4.45. The third-order valence-corrected chi connectivity index (χ3v) is 7.08. The van der Waals surface area contributed by atoms with Gasteiger partial charge in [0.2, 0.25) is 17.7 Å². The molecule has 0 aliphatic rings. The average Bonchev–Trinajstić information content (AvgIpc) is 2.97. The summed E-state index contributed by atoms with van der Waals surface area (Å²) in [4.78, 5) is 71.4. The number of carbonyl (C=O) groups excluding carboxylic acids is 5. The second-order valence-corrected chi connectivity index (χ2v) is 11.0. The van der Waals surface area contributed by atoms with Crippen molar-refractivity contribution in [1.82, 2.24) is 20.6 Å². The van der Waals surface area contributed by atoms with Crippen LogP contribution in [0.4, 0.5) is 13.2 Å². The summed E-state index contributed by atoms with van der Waals surface area (Å²) in [5, 5.41) is 14.5. The Labute approximate surface area is 253 Å². The summed E-state index contributed by atoms with van der Waals surface area (Å²) >= 11 is 0. The van der Waals surface area contributed by atoms with Crippen LogP contribution < -0.4 is 16.4 Å². The summed E-state index contributed by atoms with van der Waals surface area (Å²) in [5.74, 6) is -5.71. The molecule has 11 nitrogen and oxygen atoms in total. The third-order valence-electron chi connectivity index (χ3n) is 7.08. The lowest BCUT2D eigenvalue weighted by molar-refractivity contribution is -0.213. The van der Waals surface area contributed by atoms with Crippen LogP contribution in [0.5, 0.6) is 0 Å². The highest BCUT2D eigenvalue weighted by molar-refractivity contribution is 5.98. The quantitative estimate of drug-likeness (QED) is 0.194. The molecule has 5 N–H and O–H groups in total. The fourth-order valence-electron chi connectivity index (χ4n) is 4.45. The Morgan fingerprint density at radius 3 is 2.16 bits per heavy atom. The molecule has 0 aliphatic carbocycles. The number of nitrogens with zero attached hydrogens (tertiary/aromatic N) is 2. The molecule has 0 aliphatic heterocycles. The minimum absolute atomic E-state index is 0.0523. The summed E-state index contributed by atoms with van der Waals surface area (Å²) in [5.41, 5.74) is 5.80. The number of hydrogen-bond acceptors (Lipinski definition) is 8. The van der Waals surface area contributed by atoms with Crippen LogP contribution in [0.2, 0.25) is 0 Å². The number of aliphatic hydroxyl groups excluding tert-OH is 1. The number of nitrogens with one attached hydrogen (secondary N) is 2. The maximum atomic E-state index is 13.5. The van der Waals surface area contributed by atoms with Crippen molar-refractivity contribution in [3.63, 3.8) is 0 Å². The van der Waals surface area contributed by atoms with E-state index in [1.54, 1.807) is 44.2 Å². The van der Waals surface area contributed by atoms with Gasteiger partial charge in [0.25, 0.3) is 0 Å². The molecule has 0 fully saturated rings. The van der Waals surface area contributed by atoms with Crippen LogP contribution in [0.1, 0.15) is 62.5 Å². The summed E-state index contributed by atoms with van der Waals surface area (Å²) in [6.07, 6.45) is -5.68. The average molecular weight is 622 g/mol. The van der Waals surface area contributed by atoms with Gasteiger partial charge in [-0.3, -0.25) is 29.0 Å². The Hall–Kier alpha value is -4.20. The summed E-state index contributed by atoms with van der Waals surface area (Å²) in [7, 11) is 0. The number of aliphatic hydroxyl groups is 1. The Morgan fingerprint density at radius 2 is 1.61 bits per heavy atom. The molecular weight excluding hydrogens is 583 g/mol. The van der Waals surface area contributed by atoms with E-state index in [0.29, 0.717) is 5.56 Å². The molecule has 240 valence electrons. The van der Waals surface area contributed by atoms with Gasteiger partial charge in [0, 0.05) is 43.5 Å². The molecule has 2 aromatic rings. The van der Waals surface area contributed by atoms with E-state index in [4.69, 9.17) is 5.73 Å². The van der Waals surface area contributed by atoms with E-state index in [-0.39, 0.29) is 24.5 Å². The molecule has 0 bridgehead atoms. The first-order valence-electron chi connectivity index (χ1n) is 14.1. The van der Waals surface area contributed by atoms with Crippen molar-refractivity contribution in [1.29, 1.82) is 0 Å². The zero-order valence-electron chi connectivity index (χ0n) is 24.7. The third kappa shape index (κ3) is 11.5. The number of rotatable bonds is 17. The largest absolute Gasteiger partial charge is 0.416 e. The minimum Gasteiger partial charge on any atom is -0.382 e. The number of carbonyl (C=O) groups is 5. The number of Topliss-reactive ketones (excluding diaryl/α,β-unsaturated/α-hetero) is 2. The van der Waals surface area contributed by atoms with E-state index in [0.717, 1.165) is 0 Å². The first kappa shape index (κ1) is 36.0. The van der Waals surface area contributed by atoms with Crippen LogP contribution in [0.3, 0.4) is 0 Å². The van der Waals surface area contributed by atoms with Crippen molar-refractivity contribution in [2.75, 3.05) is 0 Å². The van der Waals surface area contributed by atoms with Gasteiger partial charge in [-0.25, -0.2) is 4.98 Å². The number of alkyl halides is 3. The maximum absolute atomic E-state index is 13.5. The highest BCUT2D eigenvalue weighted by atomic mass is 19.4. The van der Waals surface area contributed by atoms with Gasteiger partial charge in [-0.05, 0) is 24.3 Å². The second-order valence-electron chi connectivity index (χ2n) is 11.0. The van der Waals surface area contributed by atoms with Crippen LogP contribution >= 0.6 is 0 Å². The van der Waals surface area contributed by atoms with E-state index in [1.165, 1.54) is 25.5 Å². The van der Waals surface area contributed by atoms with E-state index >= 15 is 0 Å². The van der Waals surface area contributed by atoms with Gasteiger partial charge < -0.3 is 21.5 Å². The number of benzene rings is 1. The van der Waals surface area contributed by atoms with E-state index in [9.17, 15) is 42.3 Å². The van der Waals surface area contributed by atoms with Crippen molar-refractivity contribution in [3.8, 4) is 0 Å². The first-order chi connectivity index (χ1) is 20.6. The summed E-state index contributed by atoms with van der Waals surface area (Å²) in [6, 6.07) is 5.73. The molecule has 2 rings (SSSR count).